The summed E-state index contributed by atoms with van der Waals surface area (Å²) in [6.45, 7) is 11.3. The third-order valence-corrected chi connectivity index (χ3v) is 7.56. The van der Waals surface area contributed by atoms with Gasteiger partial charge < -0.3 is 14.6 Å². The Morgan fingerprint density at radius 2 is 1.70 bits per heavy atom. The van der Waals surface area contributed by atoms with Crippen LogP contribution in [0.25, 0.3) is 0 Å². The zero-order valence-electron chi connectivity index (χ0n) is 15.6. The van der Waals surface area contributed by atoms with Gasteiger partial charge in [0.1, 0.15) is 0 Å². The van der Waals surface area contributed by atoms with Gasteiger partial charge in [0, 0.05) is 13.0 Å². The standard InChI is InChI=1S/C20H36O3/c1-18(2)9-5-10-19(3)16(15(14-21)6-7-17(18)19)8-11-20(4)22-12-13-23-20/h15-17,21H,5-14H2,1-4H3/t15-,16+,17+,19-/m1/s1. The van der Waals surface area contributed by atoms with Crippen molar-refractivity contribution >= 4 is 0 Å². The first-order valence-corrected chi connectivity index (χ1v) is 9.69. The third-order valence-electron chi connectivity index (χ3n) is 7.56. The first-order valence-electron chi connectivity index (χ1n) is 9.69. The van der Waals surface area contributed by atoms with Gasteiger partial charge in [0.25, 0.3) is 0 Å². The van der Waals surface area contributed by atoms with Crippen molar-refractivity contribution in [2.75, 3.05) is 19.8 Å². The maximum absolute atomic E-state index is 9.99. The number of fused-ring (bicyclic) bond motifs is 1. The Hall–Kier alpha value is -0.120. The van der Waals surface area contributed by atoms with E-state index in [1.54, 1.807) is 0 Å². The maximum Gasteiger partial charge on any atom is 0.165 e. The second kappa shape index (κ2) is 6.31. The molecule has 3 aliphatic rings. The Bertz CT molecular complexity index is 413. The highest BCUT2D eigenvalue weighted by Crippen LogP contribution is 2.62. The predicted octanol–water partition coefficient (Wildman–Crippen LogP) is 4.38. The molecule has 2 aliphatic carbocycles. The summed E-state index contributed by atoms with van der Waals surface area (Å²) in [6, 6.07) is 0. The van der Waals surface area contributed by atoms with Gasteiger partial charge in [-0.2, -0.15) is 0 Å². The molecule has 4 atom stereocenters. The monoisotopic (exact) mass is 324 g/mol. The lowest BCUT2D eigenvalue weighted by Crippen LogP contribution is -2.52. The average molecular weight is 325 g/mol. The second-order valence-electron chi connectivity index (χ2n) is 9.40. The smallest absolute Gasteiger partial charge is 0.165 e. The largest absolute Gasteiger partial charge is 0.396 e. The molecule has 3 rings (SSSR count). The minimum Gasteiger partial charge on any atom is -0.396 e. The molecule has 0 aromatic rings. The van der Waals surface area contributed by atoms with Crippen molar-refractivity contribution in [1.82, 2.24) is 0 Å². The van der Waals surface area contributed by atoms with Crippen molar-refractivity contribution in [1.29, 1.82) is 0 Å². The predicted molar refractivity (Wildman–Crippen MR) is 92.1 cm³/mol. The Labute approximate surface area is 142 Å². The number of rotatable bonds is 4. The minimum absolute atomic E-state index is 0.339. The molecule has 134 valence electrons. The van der Waals surface area contributed by atoms with Crippen LogP contribution in [0.3, 0.4) is 0 Å². The molecule has 3 heteroatoms. The van der Waals surface area contributed by atoms with Crippen LogP contribution in [-0.4, -0.2) is 30.7 Å². The van der Waals surface area contributed by atoms with E-state index in [2.05, 4.69) is 27.7 Å². The zero-order valence-corrected chi connectivity index (χ0v) is 15.6. The molecule has 0 aromatic heterocycles. The van der Waals surface area contributed by atoms with Crippen molar-refractivity contribution in [3.8, 4) is 0 Å². The zero-order chi connectivity index (χ0) is 16.7. The molecule has 0 aromatic carbocycles. The highest BCUT2D eigenvalue weighted by atomic mass is 16.7. The maximum atomic E-state index is 9.99. The highest BCUT2D eigenvalue weighted by Gasteiger charge is 2.54. The Morgan fingerprint density at radius 1 is 1.00 bits per heavy atom. The quantitative estimate of drug-likeness (QED) is 0.834. The molecule has 0 unspecified atom stereocenters. The van der Waals surface area contributed by atoms with E-state index < -0.39 is 5.79 Å². The summed E-state index contributed by atoms with van der Waals surface area (Å²) in [5.74, 6) is 1.44. The van der Waals surface area contributed by atoms with Crippen molar-refractivity contribution in [3.63, 3.8) is 0 Å². The van der Waals surface area contributed by atoms with E-state index in [9.17, 15) is 5.11 Å². The Kier molecular flexibility index (Phi) is 4.85. The summed E-state index contributed by atoms with van der Waals surface area (Å²) in [6.07, 6.45) is 8.55. The summed E-state index contributed by atoms with van der Waals surface area (Å²) in [5, 5.41) is 9.99. The molecule has 2 saturated carbocycles. The number of aliphatic hydroxyl groups excluding tert-OH is 1. The van der Waals surface area contributed by atoms with E-state index in [-0.39, 0.29) is 0 Å². The summed E-state index contributed by atoms with van der Waals surface area (Å²) >= 11 is 0. The molecule has 0 amide bonds. The highest BCUT2D eigenvalue weighted by molar-refractivity contribution is 5.03. The van der Waals surface area contributed by atoms with E-state index in [0.717, 1.165) is 32.0 Å². The number of hydrogen-bond acceptors (Lipinski definition) is 3. The molecule has 1 heterocycles. The molecule has 0 radical (unpaired) electrons. The molecule has 23 heavy (non-hydrogen) atoms. The van der Waals surface area contributed by atoms with E-state index in [1.807, 2.05) is 0 Å². The van der Waals surface area contributed by atoms with Gasteiger partial charge in [-0.1, -0.05) is 27.2 Å². The lowest BCUT2D eigenvalue weighted by atomic mass is 9.46. The molecule has 1 aliphatic heterocycles. The SMILES string of the molecule is CC1(CC[C@H]2[C@@H](CO)CC[C@H]3C(C)(C)CCC[C@]23C)OCCO1. The van der Waals surface area contributed by atoms with Crippen LogP contribution in [0.15, 0.2) is 0 Å². The van der Waals surface area contributed by atoms with Gasteiger partial charge in [-0.3, -0.25) is 0 Å². The van der Waals surface area contributed by atoms with Crippen LogP contribution in [0.1, 0.15) is 72.6 Å². The van der Waals surface area contributed by atoms with Gasteiger partial charge in [-0.15, -0.1) is 0 Å². The van der Waals surface area contributed by atoms with Crippen molar-refractivity contribution < 1.29 is 14.6 Å². The lowest BCUT2D eigenvalue weighted by molar-refractivity contribution is -0.162. The van der Waals surface area contributed by atoms with Crippen LogP contribution in [0.4, 0.5) is 0 Å². The van der Waals surface area contributed by atoms with E-state index in [0.29, 0.717) is 29.3 Å². The number of ether oxygens (including phenoxy) is 2. The third kappa shape index (κ3) is 3.21. The van der Waals surface area contributed by atoms with Crippen molar-refractivity contribution in [3.05, 3.63) is 0 Å². The van der Waals surface area contributed by atoms with Crippen LogP contribution in [0, 0.1) is 28.6 Å². The van der Waals surface area contributed by atoms with E-state index in [1.165, 1.54) is 32.1 Å². The molecule has 3 fully saturated rings. The number of aliphatic hydroxyl groups is 1. The first-order chi connectivity index (χ1) is 10.8. The molecule has 1 saturated heterocycles. The summed E-state index contributed by atoms with van der Waals surface area (Å²) in [5.41, 5.74) is 0.804. The van der Waals surface area contributed by atoms with Crippen LogP contribution < -0.4 is 0 Å². The molecule has 0 spiro atoms. The molecular weight excluding hydrogens is 288 g/mol. The summed E-state index contributed by atoms with van der Waals surface area (Å²) in [7, 11) is 0. The van der Waals surface area contributed by atoms with Crippen molar-refractivity contribution in [2.24, 2.45) is 28.6 Å². The van der Waals surface area contributed by atoms with Gasteiger partial charge in [0.05, 0.1) is 13.2 Å². The van der Waals surface area contributed by atoms with Crippen LogP contribution in [0.5, 0.6) is 0 Å². The number of hydrogen-bond donors (Lipinski definition) is 1. The van der Waals surface area contributed by atoms with Gasteiger partial charge in [-0.05, 0) is 67.6 Å². The van der Waals surface area contributed by atoms with Gasteiger partial charge in [0.2, 0.25) is 0 Å². The van der Waals surface area contributed by atoms with Crippen molar-refractivity contribution in [2.45, 2.75) is 78.4 Å². The van der Waals surface area contributed by atoms with Gasteiger partial charge in [0.15, 0.2) is 5.79 Å². The first kappa shape index (κ1) is 17.7. The topological polar surface area (TPSA) is 38.7 Å². The fraction of sp³-hybridized carbons (Fsp3) is 1.00. The van der Waals surface area contributed by atoms with E-state index >= 15 is 0 Å². The Balaban J connectivity index is 1.78. The second-order valence-corrected chi connectivity index (χ2v) is 9.40. The fourth-order valence-electron chi connectivity index (χ4n) is 6.35. The fourth-order valence-corrected chi connectivity index (χ4v) is 6.35. The van der Waals surface area contributed by atoms with Gasteiger partial charge >= 0.3 is 0 Å². The molecule has 1 N–H and O–H groups in total. The van der Waals surface area contributed by atoms with Gasteiger partial charge in [-0.25, -0.2) is 0 Å². The molecule has 0 bridgehead atoms. The molecular formula is C20H36O3. The minimum atomic E-state index is -0.395. The average Bonchev–Trinajstić information content (AvgIpc) is 2.91. The lowest BCUT2D eigenvalue weighted by Gasteiger charge is -2.59. The van der Waals surface area contributed by atoms with Crippen LogP contribution in [0.2, 0.25) is 0 Å². The van der Waals surface area contributed by atoms with Crippen LogP contribution >= 0.6 is 0 Å². The normalized spacial score (nSPS) is 42.4. The van der Waals surface area contributed by atoms with Crippen LogP contribution in [-0.2, 0) is 9.47 Å². The Morgan fingerprint density at radius 3 is 2.35 bits per heavy atom. The summed E-state index contributed by atoms with van der Waals surface area (Å²) in [4.78, 5) is 0. The summed E-state index contributed by atoms with van der Waals surface area (Å²) < 4.78 is 11.7. The molecule has 3 nitrogen and oxygen atoms in total. The van der Waals surface area contributed by atoms with E-state index in [4.69, 9.17) is 9.47 Å².